The highest BCUT2D eigenvalue weighted by Gasteiger charge is 2.30. The first-order chi connectivity index (χ1) is 9.98. The van der Waals surface area contributed by atoms with E-state index in [9.17, 15) is 13.2 Å². The summed E-state index contributed by atoms with van der Waals surface area (Å²) >= 11 is 0. The Kier molecular flexibility index (Phi) is 5.80. The standard InChI is InChI=1S/C14H19F3O4/c1-2-18-12-7-19-13(20-8-12)10-3-5-11(6-4-10)21-9-14(15,16)17/h3-5,11-13H,2,6-9H2,1H3. The van der Waals surface area contributed by atoms with Crippen LogP contribution in [0, 0.1) is 0 Å². The van der Waals surface area contributed by atoms with Gasteiger partial charge in [-0.05, 0) is 13.3 Å². The summed E-state index contributed by atoms with van der Waals surface area (Å²) in [6.07, 6.45) is 0.0338. The van der Waals surface area contributed by atoms with Gasteiger partial charge in [0.1, 0.15) is 12.7 Å². The van der Waals surface area contributed by atoms with Crippen molar-refractivity contribution in [3.63, 3.8) is 0 Å². The highest BCUT2D eigenvalue weighted by atomic mass is 19.4. The van der Waals surface area contributed by atoms with Crippen LogP contribution in [-0.4, -0.2) is 51.1 Å². The Morgan fingerprint density at radius 2 is 1.95 bits per heavy atom. The summed E-state index contributed by atoms with van der Waals surface area (Å²) < 4.78 is 57.4. The molecule has 1 fully saturated rings. The molecule has 2 aliphatic rings. The summed E-state index contributed by atoms with van der Waals surface area (Å²) in [5.41, 5.74) is 0.803. The van der Waals surface area contributed by atoms with Crippen LogP contribution in [0.3, 0.4) is 0 Å². The van der Waals surface area contributed by atoms with Gasteiger partial charge in [0.15, 0.2) is 6.29 Å². The monoisotopic (exact) mass is 308 g/mol. The molecule has 7 heteroatoms. The molecule has 120 valence electrons. The van der Waals surface area contributed by atoms with E-state index >= 15 is 0 Å². The van der Waals surface area contributed by atoms with Crippen molar-refractivity contribution in [1.29, 1.82) is 0 Å². The van der Waals surface area contributed by atoms with Crippen molar-refractivity contribution in [2.45, 2.75) is 38.0 Å². The van der Waals surface area contributed by atoms with E-state index in [1.165, 1.54) is 0 Å². The second-order valence-corrected chi connectivity index (χ2v) is 4.84. The molecule has 1 saturated heterocycles. The van der Waals surface area contributed by atoms with Crippen LogP contribution in [0.1, 0.15) is 13.3 Å². The maximum atomic E-state index is 12.1. The van der Waals surface area contributed by atoms with Gasteiger partial charge in [0.05, 0.1) is 19.3 Å². The van der Waals surface area contributed by atoms with E-state index in [1.807, 2.05) is 6.92 Å². The summed E-state index contributed by atoms with van der Waals surface area (Å²) in [5, 5.41) is 0. The van der Waals surface area contributed by atoms with Crippen molar-refractivity contribution in [3.8, 4) is 0 Å². The Balaban J connectivity index is 1.75. The smallest absolute Gasteiger partial charge is 0.374 e. The van der Waals surface area contributed by atoms with Gasteiger partial charge in [-0.2, -0.15) is 13.2 Å². The van der Waals surface area contributed by atoms with Crippen LogP contribution < -0.4 is 0 Å². The molecule has 2 rings (SSSR count). The van der Waals surface area contributed by atoms with Crippen LogP contribution in [0.4, 0.5) is 13.2 Å². The Bertz CT molecular complexity index is 384. The average Bonchev–Trinajstić information content (AvgIpc) is 2.46. The number of alkyl halides is 3. The van der Waals surface area contributed by atoms with Crippen LogP contribution in [0.2, 0.25) is 0 Å². The van der Waals surface area contributed by atoms with Gasteiger partial charge in [-0.1, -0.05) is 18.2 Å². The number of hydrogen-bond acceptors (Lipinski definition) is 4. The van der Waals surface area contributed by atoms with Crippen molar-refractivity contribution in [1.82, 2.24) is 0 Å². The fourth-order valence-electron chi connectivity index (χ4n) is 2.13. The van der Waals surface area contributed by atoms with E-state index in [1.54, 1.807) is 18.2 Å². The zero-order valence-electron chi connectivity index (χ0n) is 11.8. The largest absolute Gasteiger partial charge is 0.411 e. The van der Waals surface area contributed by atoms with E-state index in [4.69, 9.17) is 18.9 Å². The number of halogens is 3. The molecular weight excluding hydrogens is 289 g/mol. The first-order valence-corrected chi connectivity index (χ1v) is 6.89. The number of ether oxygens (including phenoxy) is 4. The van der Waals surface area contributed by atoms with Crippen molar-refractivity contribution in [2.24, 2.45) is 0 Å². The van der Waals surface area contributed by atoms with Crippen LogP contribution in [0.5, 0.6) is 0 Å². The molecule has 0 aromatic carbocycles. The molecule has 4 nitrogen and oxygen atoms in total. The average molecular weight is 308 g/mol. The molecule has 1 unspecified atom stereocenters. The SMILES string of the molecule is CCOC1COC(C2=CCC(OCC(F)(F)F)C=C2)OC1. The van der Waals surface area contributed by atoms with Gasteiger partial charge >= 0.3 is 6.18 Å². The van der Waals surface area contributed by atoms with Crippen molar-refractivity contribution in [3.05, 3.63) is 23.8 Å². The summed E-state index contributed by atoms with van der Waals surface area (Å²) in [4.78, 5) is 0. The van der Waals surface area contributed by atoms with Crippen molar-refractivity contribution in [2.75, 3.05) is 26.4 Å². The van der Waals surface area contributed by atoms with Gasteiger partial charge in [0.2, 0.25) is 0 Å². The predicted molar refractivity (Wildman–Crippen MR) is 68.7 cm³/mol. The maximum absolute atomic E-state index is 12.1. The van der Waals surface area contributed by atoms with Gasteiger partial charge in [-0.3, -0.25) is 0 Å². The highest BCUT2D eigenvalue weighted by Crippen LogP contribution is 2.23. The van der Waals surface area contributed by atoms with Crippen LogP contribution in [-0.2, 0) is 18.9 Å². The fraction of sp³-hybridized carbons (Fsp3) is 0.714. The molecular formula is C14H19F3O4. The Hall–Kier alpha value is -0.890. The Labute approximate surface area is 121 Å². The third kappa shape index (κ3) is 5.43. The van der Waals surface area contributed by atoms with Gasteiger partial charge < -0.3 is 18.9 Å². The molecule has 1 heterocycles. The van der Waals surface area contributed by atoms with Gasteiger partial charge in [0.25, 0.3) is 0 Å². The quantitative estimate of drug-likeness (QED) is 0.782. The first-order valence-electron chi connectivity index (χ1n) is 6.89. The van der Waals surface area contributed by atoms with E-state index in [0.717, 1.165) is 5.57 Å². The lowest BCUT2D eigenvalue weighted by atomic mass is 10.0. The third-order valence-electron chi connectivity index (χ3n) is 3.09. The Morgan fingerprint density at radius 1 is 1.24 bits per heavy atom. The van der Waals surface area contributed by atoms with Crippen molar-refractivity contribution >= 4 is 0 Å². The molecule has 0 aromatic heterocycles. The number of rotatable bonds is 5. The lowest BCUT2D eigenvalue weighted by Gasteiger charge is -2.31. The van der Waals surface area contributed by atoms with Gasteiger partial charge in [-0.25, -0.2) is 0 Å². The zero-order valence-corrected chi connectivity index (χ0v) is 11.8. The van der Waals surface area contributed by atoms with Crippen molar-refractivity contribution < 1.29 is 32.1 Å². The van der Waals surface area contributed by atoms with E-state index < -0.39 is 25.2 Å². The molecule has 1 aliphatic carbocycles. The lowest BCUT2D eigenvalue weighted by molar-refractivity contribution is -0.207. The lowest BCUT2D eigenvalue weighted by Crippen LogP contribution is -2.38. The molecule has 1 aliphatic heterocycles. The third-order valence-corrected chi connectivity index (χ3v) is 3.09. The maximum Gasteiger partial charge on any atom is 0.411 e. The molecule has 0 saturated carbocycles. The zero-order chi connectivity index (χ0) is 15.3. The Morgan fingerprint density at radius 3 is 2.48 bits per heavy atom. The second-order valence-electron chi connectivity index (χ2n) is 4.84. The van der Waals surface area contributed by atoms with Crippen LogP contribution in [0.25, 0.3) is 0 Å². The summed E-state index contributed by atoms with van der Waals surface area (Å²) in [6, 6.07) is 0. The summed E-state index contributed by atoms with van der Waals surface area (Å²) in [5.74, 6) is 0. The number of hydrogen-bond donors (Lipinski definition) is 0. The minimum atomic E-state index is -4.30. The molecule has 1 atom stereocenters. The molecule has 0 bridgehead atoms. The normalized spacial score (nSPS) is 30.3. The molecule has 0 spiro atoms. The van der Waals surface area contributed by atoms with E-state index in [2.05, 4.69) is 0 Å². The van der Waals surface area contributed by atoms with E-state index in [-0.39, 0.29) is 6.10 Å². The molecule has 21 heavy (non-hydrogen) atoms. The molecule has 0 radical (unpaired) electrons. The van der Waals surface area contributed by atoms with Crippen LogP contribution in [0.15, 0.2) is 23.8 Å². The summed E-state index contributed by atoms with van der Waals surface area (Å²) in [7, 11) is 0. The second kappa shape index (κ2) is 7.40. The van der Waals surface area contributed by atoms with Crippen LogP contribution >= 0.6 is 0 Å². The van der Waals surface area contributed by atoms with E-state index in [0.29, 0.717) is 26.2 Å². The van der Waals surface area contributed by atoms with Gasteiger partial charge in [-0.15, -0.1) is 0 Å². The minimum absolute atomic E-state index is 0.0673. The molecule has 0 aromatic rings. The highest BCUT2D eigenvalue weighted by molar-refractivity contribution is 5.27. The van der Waals surface area contributed by atoms with Gasteiger partial charge in [0, 0.05) is 12.2 Å². The molecule has 0 amide bonds. The topological polar surface area (TPSA) is 36.9 Å². The summed E-state index contributed by atoms with van der Waals surface area (Å²) in [6.45, 7) is 2.15. The molecule has 0 N–H and O–H groups in total. The first kappa shape index (κ1) is 16.5. The fourth-order valence-corrected chi connectivity index (χ4v) is 2.13. The minimum Gasteiger partial charge on any atom is -0.374 e. The predicted octanol–water partition coefficient (Wildman–Crippen LogP) is 2.60.